The molecule has 0 aliphatic rings. The molecule has 2 rings (SSSR count). The van der Waals surface area contributed by atoms with Crippen molar-refractivity contribution in [2.45, 2.75) is 13.8 Å². The van der Waals surface area contributed by atoms with Gasteiger partial charge in [0.05, 0.1) is 4.92 Å². The zero-order valence-electron chi connectivity index (χ0n) is 11.7. The van der Waals surface area contributed by atoms with Gasteiger partial charge in [0.15, 0.2) is 5.11 Å². The van der Waals surface area contributed by atoms with Gasteiger partial charge in [-0.15, -0.1) is 0 Å². The fourth-order valence-corrected chi connectivity index (χ4v) is 2.10. The van der Waals surface area contributed by atoms with E-state index < -0.39 is 4.92 Å². The van der Waals surface area contributed by atoms with Gasteiger partial charge in [-0.3, -0.25) is 10.1 Å². The maximum atomic E-state index is 11.1. The third kappa shape index (κ3) is 3.76. The first-order valence-corrected chi connectivity index (χ1v) is 6.77. The van der Waals surface area contributed by atoms with Crippen LogP contribution >= 0.6 is 12.2 Å². The van der Waals surface area contributed by atoms with Gasteiger partial charge in [0.1, 0.15) is 5.69 Å². The molecule has 0 atom stereocenters. The van der Waals surface area contributed by atoms with Crippen molar-refractivity contribution < 1.29 is 4.92 Å². The molecule has 5 nitrogen and oxygen atoms in total. The molecule has 0 aromatic heterocycles. The number of thiocarbonyl (C=S) groups is 1. The number of nitrogens with one attached hydrogen (secondary N) is 2. The van der Waals surface area contributed by atoms with E-state index in [1.165, 1.54) is 6.07 Å². The Balaban J connectivity index is 2.16. The van der Waals surface area contributed by atoms with Crippen LogP contribution in [0.15, 0.2) is 42.5 Å². The summed E-state index contributed by atoms with van der Waals surface area (Å²) in [4.78, 5) is 10.6. The molecule has 0 heterocycles. The Morgan fingerprint density at radius 2 is 1.76 bits per heavy atom. The lowest BCUT2D eigenvalue weighted by Gasteiger charge is -2.12. The van der Waals surface area contributed by atoms with Crippen LogP contribution in [0.4, 0.5) is 17.1 Å². The van der Waals surface area contributed by atoms with Crippen molar-refractivity contribution in [1.29, 1.82) is 0 Å². The molecule has 0 saturated carbocycles. The molecular weight excluding hydrogens is 286 g/mol. The summed E-state index contributed by atoms with van der Waals surface area (Å²) in [5.74, 6) is 0. The number of nitrogens with zero attached hydrogens (tertiary/aromatic N) is 1. The number of hydrogen-bond acceptors (Lipinski definition) is 3. The van der Waals surface area contributed by atoms with Crippen molar-refractivity contribution in [2.24, 2.45) is 0 Å². The molecule has 0 amide bonds. The van der Waals surface area contributed by atoms with E-state index in [0.717, 1.165) is 16.8 Å². The summed E-state index contributed by atoms with van der Waals surface area (Å²) < 4.78 is 0. The molecule has 0 saturated heterocycles. The van der Waals surface area contributed by atoms with Crippen molar-refractivity contribution in [1.82, 2.24) is 0 Å². The number of anilines is 2. The maximum absolute atomic E-state index is 11.1. The number of para-hydroxylation sites is 1. The first-order valence-electron chi connectivity index (χ1n) is 6.36. The largest absolute Gasteiger partial charge is 0.332 e. The number of rotatable bonds is 3. The Labute approximate surface area is 128 Å². The molecule has 6 heteroatoms. The Bertz CT molecular complexity index is 684. The van der Waals surface area contributed by atoms with Gasteiger partial charge in [0, 0.05) is 11.8 Å². The number of benzene rings is 2. The van der Waals surface area contributed by atoms with Crippen LogP contribution in [-0.2, 0) is 0 Å². The Hall–Kier alpha value is -2.47. The summed E-state index contributed by atoms with van der Waals surface area (Å²) in [7, 11) is 0. The maximum Gasteiger partial charge on any atom is 0.293 e. The Morgan fingerprint density at radius 3 is 2.38 bits per heavy atom. The quantitative estimate of drug-likeness (QED) is 0.509. The number of hydrogen-bond donors (Lipinski definition) is 2. The van der Waals surface area contributed by atoms with Crippen molar-refractivity contribution in [3.8, 4) is 0 Å². The third-order valence-electron chi connectivity index (χ3n) is 3.00. The molecule has 0 bridgehead atoms. The zero-order valence-corrected chi connectivity index (χ0v) is 12.5. The Kier molecular flexibility index (Phi) is 4.49. The minimum atomic E-state index is -0.427. The van der Waals surface area contributed by atoms with Gasteiger partial charge in [-0.1, -0.05) is 29.8 Å². The molecule has 21 heavy (non-hydrogen) atoms. The van der Waals surface area contributed by atoms with Gasteiger partial charge >= 0.3 is 0 Å². The summed E-state index contributed by atoms with van der Waals surface area (Å²) >= 11 is 5.21. The number of nitro groups is 1. The first kappa shape index (κ1) is 14.9. The lowest BCUT2D eigenvalue weighted by molar-refractivity contribution is -0.383. The second-order valence-corrected chi connectivity index (χ2v) is 5.08. The van der Waals surface area contributed by atoms with Crippen LogP contribution in [0.25, 0.3) is 0 Å². The molecule has 108 valence electrons. The van der Waals surface area contributed by atoms with E-state index in [0.29, 0.717) is 10.8 Å². The van der Waals surface area contributed by atoms with E-state index in [2.05, 4.69) is 10.6 Å². The average Bonchev–Trinajstić information content (AvgIpc) is 2.43. The molecule has 0 radical (unpaired) electrons. The summed E-state index contributed by atoms with van der Waals surface area (Å²) in [6.07, 6.45) is 0. The lowest BCUT2D eigenvalue weighted by atomic mass is 10.1. The summed E-state index contributed by atoms with van der Waals surface area (Å²) in [6.45, 7) is 3.79. The predicted molar refractivity (Wildman–Crippen MR) is 88.9 cm³/mol. The summed E-state index contributed by atoms with van der Waals surface area (Å²) in [5.41, 5.74) is 3.15. The van der Waals surface area contributed by atoms with Crippen LogP contribution in [0.1, 0.15) is 11.1 Å². The van der Waals surface area contributed by atoms with Crippen LogP contribution in [0.5, 0.6) is 0 Å². The third-order valence-corrected chi connectivity index (χ3v) is 3.20. The van der Waals surface area contributed by atoms with Gasteiger partial charge in [0.2, 0.25) is 0 Å². The molecule has 0 spiro atoms. The average molecular weight is 301 g/mol. The van der Waals surface area contributed by atoms with E-state index in [9.17, 15) is 10.1 Å². The highest BCUT2D eigenvalue weighted by atomic mass is 32.1. The van der Waals surface area contributed by atoms with Gasteiger partial charge in [-0.25, -0.2) is 0 Å². The smallest absolute Gasteiger partial charge is 0.293 e. The monoisotopic (exact) mass is 301 g/mol. The molecule has 0 unspecified atom stereocenters. The van der Waals surface area contributed by atoms with Crippen LogP contribution in [0, 0.1) is 24.0 Å². The lowest BCUT2D eigenvalue weighted by Crippen LogP contribution is -2.20. The van der Waals surface area contributed by atoms with E-state index in [-0.39, 0.29) is 5.69 Å². The summed E-state index contributed by atoms with van der Waals surface area (Å²) in [5, 5.41) is 17.3. The topological polar surface area (TPSA) is 67.2 Å². The van der Waals surface area contributed by atoms with E-state index in [4.69, 9.17) is 12.2 Å². The summed E-state index contributed by atoms with van der Waals surface area (Å²) in [6, 6.07) is 12.6. The van der Waals surface area contributed by atoms with Crippen molar-refractivity contribution in [3.05, 3.63) is 63.7 Å². The molecule has 2 N–H and O–H groups in total. The van der Waals surface area contributed by atoms with Gasteiger partial charge in [-0.2, -0.15) is 0 Å². The molecule has 0 aliphatic heterocycles. The first-order chi connectivity index (χ1) is 9.97. The highest BCUT2D eigenvalue weighted by Crippen LogP contribution is 2.27. The Morgan fingerprint density at radius 1 is 1.10 bits per heavy atom. The fraction of sp³-hybridized carbons (Fsp3) is 0.133. The number of aryl methyl sites for hydroxylation is 2. The second kappa shape index (κ2) is 6.32. The van der Waals surface area contributed by atoms with Crippen molar-refractivity contribution >= 4 is 34.4 Å². The second-order valence-electron chi connectivity index (χ2n) is 4.67. The number of nitro benzene ring substituents is 1. The van der Waals surface area contributed by atoms with E-state index >= 15 is 0 Å². The minimum Gasteiger partial charge on any atom is -0.332 e. The van der Waals surface area contributed by atoms with Crippen LogP contribution < -0.4 is 10.6 Å². The molecule has 0 aliphatic carbocycles. The van der Waals surface area contributed by atoms with Crippen molar-refractivity contribution in [3.63, 3.8) is 0 Å². The zero-order chi connectivity index (χ0) is 15.4. The fourth-order valence-electron chi connectivity index (χ4n) is 1.88. The van der Waals surface area contributed by atoms with Crippen LogP contribution in [0.3, 0.4) is 0 Å². The SMILES string of the molecule is Cc1ccc(NC(=S)Nc2c(C)cccc2[N+](=O)[O-])cc1. The van der Waals surface area contributed by atoms with Crippen LogP contribution in [-0.4, -0.2) is 10.0 Å². The van der Waals surface area contributed by atoms with E-state index in [1.54, 1.807) is 19.1 Å². The van der Waals surface area contributed by atoms with Crippen LogP contribution in [0.2, 0.25) is 0 Å². The normalized spacial score (nSPS) is 10.0. The highest BCUT2D eigenvalue weighted by Gasteiger charge is 2.16. The van der Waals surface area contributed by atoms with Crippen molar-refractivity contribution in [2.75, 3.05) is 10.6 Å². The minimum absolute atomic E-state index is 0.00283. The highest BCUT2D eigenvalue weighted by molar-refractivity contribution is 7.80. The van der Waals surface area contributed by atoms with Gasteiger partial charge in [0.25, 0.3) is 5.69 Å². The standard InChI is InChI=1S/C15H15N3O2S/c1-10-6-8-12(9-7-10)16-15(21)17-14-11(2)4-3-5-13(14)18(19)20/h3-9H,1-2H3,(H2,16,17,21). The molecular formula is C15H15N3O2S. The molecule has 2 aromatic carbocycles. The molecule has 0 fully saturated rings. The molecule has 2 aromatic rings. The van der Waals surface area contributed by atoms with E-state index in [1.807, 2.05) is 31.2 Å². The van der Waals surface area contributed by atoms with Gasteiger partial charge < -0.3 is 10.6 Å². The predicted octanol–water partition coefficient (Wildman–Crippen LogP) is 4.02. The van der Waals surface area contributed by atoms with Gasteiger partial charge in [-0.05, 0) is 43.8 Å².